The van der Waals surface area contributed by atoms with Crippen molar-refractivity contribution in [3.05, 3.63) is 21.8 Å². The normalized spacial score (nSPS) is 17.9. The van der Waals surface area contributed by atoms with Gasteiger partial charge in [0.05, 0.1) is 11.4 Å². The Labute approximate surface area is 123 Å². The number of likely N-dealkylation sites (tertiary alicyclic amines) is 1. The number of nitrogen functional groups attached to an aromatic ring is 1. The van der Waals surface area contributed by atoms with Gasteiger partial charge in [-0.1, -0.05) is 6.92 Å². The van der Waals surface area contributed by atoms with E-state index in [2.05, 4.69) is 51.9 Å². The fraction of sp³-hybridized carbons (Fsp3) is 0.571. The first-order valence-corrected chi connectivity index (χ1v) is 7.81. The zero-order valence-corrected chi connectivity index (χ0v) is 13.1. The highest BCUT2D eigenvalue weighted by atomic mass is 127. The van der Waals surface area contributed by atoms with E-state index in [4.69, 9.17) is 5.73 Å². The van der Waals surface area contributed by atoms with Crippen LogP contribution in [0.25, 0.3) is 0 Å². The van der Waals surface area contributed by atoms with Crippen LogP contribution in [0.3, 0.4) is 0 Å². The predicted molar refractivity (Wildman–Crippen MR) is 86.9 cm³/mol. The highest BCUT2D eigenvalue weighted by molar-refractivity contribution is 14.1. The van der Waals surface area contributed by atoms with Crippen molar-refractivity contribution in [2.75, 3.05) is 30.7 Å². The summed E-state index contributed by atoms with van der Waals surface area (Å²) in [5.41, 5.74) is 7.98. The lowest BCUT2D eigenvalue weighted by atomic mass is 10.0. The second kappa shape index (κ2) is 6.61. The van der Waals surface area contributed by atoms with Gasteiger partial charge >= 0.3 is 0 Å². The van der Waals surface area contributed by atoms with Gasteiger partial charge in [-0.25, -0.2) is 0 Å². The molecule has 0 atom stereocenters. The first-order valence-electron chi connectivity index (χ1n) is 6.73. The van der Waals surface area contributed by atoms with Gasteiger partial charge < -0.3 is 16.0 Å². The molecular formula is C14H22IN3. The first kappa shape index (κ1) is 13.9. The van der Waals surface area contributed by atoms with Crippen LogP contribution >= 0.6 is 22.6 Å². The minimum absolute atomic E-state index is 0.570. The largest absolute Gasteiger partial charge is 0.397 e. The van der Waals surface area contributed by atoms with Crippen molar-refractivity contribution in [1.82, 2.24) is 4.90 Å². The SMILES string of the molecule is CCCN1CCC(Nc2ccc(I)cc2N)CC1. The Hall–Kier alpha value is -0.490. The zero-order chi connectivity index (χ0) is 13.0. The minimum atomic E-state index is 0.570. The molecule has 1 heterocycles. The van der Waals surface area contributed by atoms with E-state index in [0.29, 0.717) is 6.04 Å². The number of rotatable bonds is 4. The number of hydrogen-bond donors (Lipinski definition) is 2. The van der Waals surface area contributed by atoms with Gasteiger partial charge in [-0.3, -0.25) is 0 Å². The average Bonchev–Trinajstić information content (AvgIpc) is 2.35. The molecule has 0 saturated carbocycles. The van der Waals surface area contributed by atoms with E-state index in [1.807, 2.05) is 6.07 Å². The Morgan fingerprint density at radius 2 is 2.11 bits per heavy atom. The molecule has 1 saturated heterocycles. The summed E-state index contributed by atoms with van der Waals surface area (Å²) in [4.78, 5) is 2.55. The summed E-state index contributed by atoms with van der Waals surface area (Å²) in [5, 5.41) is 3.58. The van der Waals surface area contributed by atoms with Gasteiger partial charge in [-0.05, 0) is 66.6 Å². The summed E-state index contributed by atoms with van der Waals surface area (Å²) in [7, 11) is 0. The molecule has 1 aromatic rings. The van der Waals surface area contributed by atoms with Gasteiger partial charge in [-0.15, -0.1) is 0 Å². The molecule has 100 valence electrons. The van der Waals surface area contributed by atoms with Crippen molar-refractivity contribution >= 4 is 34.0 Å². The summed E-state index contributed by atoms with van der Waals surface area (Å²) in [6.07, 6.45) is 3.68. The van der Waals surface area contributed by atoms with Crippen LogP contribution in [0.15, 0.2) is 18.2 Å². The number of nitrogens with one attached hydrogen (secondary N) is 1. The molecule has 0 amide bonds. The molecule has 0 radical (unpaired) electrons. The molecule has 0 bridgehead atoms. The summed E-state index contributed by atoms with van der Waals surface area (Å²) in [6, 6.07) is 6.79. The third-order valence-electron chi connectivity index (χ3n) is 3.50. The topological polar surface area (TPSA) is 41.3 Å². The van der Waals surface area contributed by atoms with Crippen LogP contribution in [0.4, 0.5) is 11.4 Å². The lowest BCUT2D eigenvalue weighted by Gasteiger charge is -2.32. The fourth-order valence-electron chi connectivity index (χ4n) is 2.50. The maximum atomic E-state index is 6.04. The molecule has 0 unspecified atom stereocenters. The maximum absolute atomic E-state index is 6.04. The Morgan fingerprint density at radius 3 is 2.72 bits per heavy atom. The van der Waals surface area contributed by atoms with Crippen molar-refractivity contribution in [2.24, 2.45) is 0 Å². The molecule has 1 fully saturated rings. The standard InChI is InChI=1S/C14H22IN3/c1-2-7-18-8-5-12(6-9-18)17-14-4-3-11(15)10-13(14)16/h3-4,10,12,17H,2,5-9,16H2,1H3. The van der Waals surface area contributed by atoms with Gasteiger partial charge in [0.2, 0.25) is 0 Å². The van der Waals surface area contributed by atoms with Crippen LogP contribution in [0, 0.1) is 3.57 Å². The molecule has 18 heavy (non-hydrogen) atoms. The van der Waals surface area contributed by atoms with E-state index in [1.165, 1.54) is 42.5 Å². The van der Waals surface area contributed by atoms with Crippen LogP contribution in [0.1, 0.15) is 26.2 Å². The zero-order valence-electron chi connectivity index (χ0n) is 11.0. The summed E-state index contributed by atoms with van der Waals surface area (Å²) in [5.74, 6) is 0. The van der Waals surface area contributed by atoms with Crippen molar-refractivity contribution in [1.29, 1.82) is 0 Å². The summed E-state index contributed by atoms with van der Waals surface area (Å²) in [6.45, 7) is 5.89. The lowest BCUT2D eigenvalue weighted by molar-refractivity contribution is 0.219. The number of halogens is 1. The number of anilines is 2. The summed E-state index contributed by atoms with van der Waals surface area (Å²) < 4.78 is 1.19. The Balaban J connectivity index is 1.87. The molecule has 1 aromatic carbocycles. The quantitative estimate of drug-likeness (QED) is 0.641. The van der Waals surface area contributed by atoms with Crippen LogP contribution < -0.4 is 11.1 Å². The highest BCUT2D eigenvalue weighted by Crippen LogP contribution is 2.24. The first-order chi connectivity index (χ1) is 8.69. The predicted octanol–water partition coefficient (Wildman–Crippen LogP) is 3.16. The highest BCUT2D eigenvalue weighted by Gasteiger charge is 2.18. The molecular weight excluding hydrogens is 337 g/mol. The van der Waals surface area contributed by atoms with Crippen molar-refractivity contribution < 1.29 is 0 Å². The van der Waals surface area contributed by atoms with E-state index in [0.717, 1.165) is 11.4 Å². The molecule has 0 aromatic heterocycles. The van der Waals surface area contributed by atoms with E-state index in [9.17, 15) is 0 Å². The van der Waals surface area contributed by atoms with Gasteiger partial charge in [0.25, 0.3) is 0 Å². The molecule has 0 spiro atoms. The van der Waals surface area contributed by atoms with Gasteiger partial charge in [0.15, 0.2) is 0 Å². The number of benzene rings is 1. The average molecular weight is 359 g/mol. The Kier molecular flexibility index (Phi) is 5.12. The second-order valence-corrected chi connectivity index (χ2v) is 6.24. The third kappa shape index (κ3) is 3.75. The van der Waals surface area contributed by atoms with E-state index < -0.39 is 0 Å². The van der Waals surface area contributed by atoms with Crippen LogP contribution in [0.2, 0.25) is 0 Å². The number of nitrogens with two attached hydrogens (primary N) is 1. The van der Waals surface area contributed by atoms with E-state index >= 15 is 0 Å². The second-order valence-electron chi connectivity index (χ2n) is 4.99. The van der Waals surface area contributed by atoms with E-state index in [1.54, 1.807) is 0 Å². The molecule has 4 heteroatoms. The number of nitrogens with zero attached hydrogens (tertiary/aromatic N) is 1. The van der Waals surface area contributed by atoms with Crippen LogP contribution in [-0.4, -0.2) is 30.6 Å². The van der Waals surface area contributed by atoms with Gasteiger partial charge in [0, 0.05) is 22.7 Å². The van der Waals surface area contributed by atoms with Gasteiger partial charge in [-0.2, -0.15) is 0 Å². The Bertz CT molecular complexity index is 387. The number of hydrogen-bond acceptors (Lipinski definition) is 3. The smallest absolute Gasteiger partial charge is 0.0576 e. The molecule has 1 aliphatic rings. The van der Waals surface area contributed by atoms with Crippen molar-refractivity contribution in [3.8, 4) is 0 Å². The van der Waals surface area contributed by atoms with Crippen molar-refractivity contribution in [2.45, 2.75) is 32.2 Å². The third-order valence-corrected chi connectivity index (χ3v) is 4.17. The molecule has 3 nitrogen and oxygen atoms in total. The fourth-order valence-corrected chi connectivity index (χ4v) is 3.02. The lowest BCUT2D eigenvalue weighted by Crippen LogP contribution is -2.39. The molecule has 0 aliphatic carbocycles. The molecule has 1 aliphatic heterocycles. The maximum Gasteiger partial charge on any atom is 0.0576 e. The molecule has 2 rings (SSSR count). The van der Waals surface area contributed by atoms with Gasteiger partial charge in [0.1, 0.15) is 0 Å². The summed E-state index contributed by atoms with van der Waals surface area (Å²) >= 11 is 2.29. The Morgan fingerprint density at radius 1 is 1.39 bits per heavy atom. The van der Waals surface area contributed by atoms with Crippen LogP contribution in [-0.2, 0) is 0 Å². The van der Waals surface area contributed by atoms with Crippen LogP contribution in [0.5, 0.6) is 0 Å². The van der Waals surface area contributed by atoms with E-state index in [-0.39, 0.29) is 0 Å². The van der Waals surface area contributed by atoms with Crippen molar-refractivity contribution in [3.63, 3.8) is 0 Å². The number of piperidine rings is 1. The molecule has 3 N–H and O–H groups in total. The monoisotopic (exact) mass is 359 g/mol. The minimum Gasteiger partial charge on any atom is -0.397 e.